The monoisotopic (exact) mass is 460 g/mol. The molecule has 0 saturated heterocycles. The number of para-hydroxylation sites is 1. The van der Waals surface area contributed by atoms with Gasteiger partial charge < -0.3 is 9.47 Å². The molecule has 0 bridgehead atoms. The highest BCUT2D eigenvalue weighted by Gasteiger charge is 2.33. The third-order valence-corrected chi connectivity index (χ3v) is 5.33. The summed E-state index contributed by atoms with van der Waals surface area (Å²) in [4.78, 5) is 0. The van der Waals surface area contributed by atoms with Gasteiger partial charge in [-0.1, -0.05) is 36.4 Å². The van der Waals surface area contributed by atoms with E-state index in [1.54, 1.807) is 24.3 Å². The van der Waals surface area contributed by atoms with E-state index >= 15 is 0 Å². The van der Waals surface area contributed by atoms with Gasteiger partial charge in [-0.3, -0.25) is 0 Å². The fourth-order valence-electron chi connectivity index (χ4n) is 3.65. The quantitative estimate of drug-likeness (QED) is 0.316. The Morgan fingerprint density at radius 1 is 0.939 bits per heavy atom. The Hall–Kier alpha value is -3.35. The third kappa shape index (κ3) is 6.57. The second-order valence-electron chi connectivity index (χ2n) is 7.95. The Bertz CT molecular complexity index is 1100. The minimum Gasteiger partial charge on any atom is -0.454 e. The van der Waals surface area contributed by atoms with E-state index in [-0.39, 0.29) is 29.8 Å². The first-order valence-electron chi connectivity index (χ1n) is 10.5. The van der Waals surface area contributed by atoms with E-state index < -0.39 is 18.0 Å². The van der Waals surface area contributed by atoms with Crippen molar-refractivity contribution in [2.75, 3.05) is 0 Å². The number of allylic oxidation sites excluding steroid dienone is 2. The van der Waals surface area contributed by atoms with Crippen LogP contribution in [0.4, 0.5) is 22.0 Å². The van der Waals surface area contributed by atoms with Crippen LogP contribution >= 0.6 is 0 Å². The first-order valence-corrected chi connectivity index (χ1v) is 10.5. The normalized spacial score (nSPS) is 15.2. The summed E-state index contributed by atoms with van der Waals surface area (Å²) in [6.07, 6.45) is -1.48. The van der Waals surface area contributed by atoms with Gasteiger partial charge in [0.05, 0.1) is 0 Å². The van der Waals surface area contributed by atoms with Gasteiger partial charge in [0.2, 0.25) is 0 Å². The molecule has 1 unspecified atom stereocenters. The fourth-order valence-corrected chi connectivity index (χ4v) is 3.65. The van der Waals surface area contributed by atoms with Gasteiger partial charge >= 0.3 is 6.36 Å². The summed E-state index contributed by atoms with van der Waals surface area (Å²) in [6.45, 7) is 0. The maximum Gasteiger partial charge on any atom is 0.573 e. The van der Waals surface area contributed by atoms with Crippen LogP contribution in [0.25, 0.3) is 0 Å². The molecule has 33 heavy (non-hydrogen) atoms. The van der Waals surface area contributed by atoms with Crippen LogP contribution in [0, 0.1) is 11.7 Å². The Morgan fingerprint density at radius 2 is 1.64 bits per heavy atom. The first kappa shape index (κ1) is 22.8. The van der Waals surface area contributed by atoms with E-state index in [1.165, 1.54) is 48.5 Å². The lowest BCUT2D eigenvalue weighted by molar-refractivity contribution is -0.274. The number of hydrogen-bond donors (Lipinski definition) is 0. The molecule has 0 spiro atoms. The van der Waals surface area contributed by atoms with Crippen molar-refractivity contribution in [3.8, 4) is 17.2 Å². The third-order valence-electron chi connectivity index (χ3n) is 5.33. The second-order valence-corrected chi connectivity index (χ2v) is 7.95. The smallest absolute Gasteiger partial charge is 0.454 e. The standard InChI is InChI=1S/C26H21F5O2/c27-20(14-17-6-13-24(28)25(15-17)32-21-4-2-1-3-5-21)16-23(18-7-8-18)19-9-11-22(12-10-19)33-26(29,30)31/h1-6,9-13,15-16,18,23H,7-8,14H2/b20-16-. The van der Waals surface area contributed by atoms with Gasteiger partial charge in [0.15, 0.2) is 11.6 Å². The average molecular weight is 460 g/mol. The van der Waals surface area contributed by atoms with E-state index in [4.69, 9.17) is 4.74 Å². The maximum atomic E-state index is 14.9. The molecule has 0 aliphatic heterocycles. The van der Waals surface area contributed by atoms with Gasteiger partial charge in [0.25, 0.3) is 0 Å². The van der Waals surface area contributed by atoms with Crippen molar-refractivity contribution in [1.82, 2.24) is 0 Å². The van der Waals surface area contributed by atoms with Crippen molar-refractivity contribution in [1.29, 1.82) is 0 Å². The minimum atomic E-state index is -4.76. The van der Waals surface area contributed by atoms with E-state index in [0.29, 0.717) is 11.3 Å². The molecule has 0 heterocycles. The first-order chi connectivity index (χ1) is 15.8. The number of hydrogen-bond acceptors (Lipinski definition) is 2. The van der Waals surface area contributed by atoms with Gasteiger partial charge in [-0.05, 0) is 72.4 Å². The van der Waals surface area contributed by atoms with Gasteiger partial charge in [-0.15, -0.1) is 13.2 Å². The van der Waals surface area contributed by atoms with Crippen LogP contribution in [-0.2, 0) is 6.42 Å². The number of halogens is 5. The zero-order valence-electron chi connectivity index (χ0n) is 17.5. The summed E-state index contributed by atoms with van der Waals surface area (Å²) >= 11 is 0. The van der Waals surface area contributed by atoms with Crippen LogP contribution in [0.1, 0.15) is 29.9 Å². The zero-order chi connectivity index (χ0) is 23.4. The molecule has 1 fully saturated rings. The molecule has 1 aliphatic carbocycles. The molecule has 4 rings (SSSR count). The van der Waals surface area contributed by atoms with Crippen molar-refractivity contribution in [3.05, 3.63) is 102 Å². The molecular formula is C26H21F5O2. The Balaban J connectivity index is 1.48. The molecule has 172 valence electrons. The molecule has 3 aromatic rings. The lowest BCUT2D eigenvalue weighted by Crippen LogP contribution is -2.17. The summed E-state index contributed by atoms with van der Waals surface area (Å²) in [5.74, 6) is -0.825. The molecule has 0 radical (unpaired) electrons. The largest absolute Gasteiger partial charge is 0.573 e. The molecule has 3 aromatic carbocycles. The summed E-state index contributed by atoms with van der Waals surface area (Å²) in [5, 5.41) is 0. The van der Waals surface area contributed by atoms with E-state index in [2.05, 4.69) is 4.74 Å². The van der Waals surface area contributed by atoms with Gasteiger partial charge in [0, 0.05) is 12.3 Å². The topological polar surface area (TPSA) is 18.5 Å². The van der Waals surface area contributed by atoms with Crippen molar-refractivity contribution >= 4 is 0 Å². The molecule has 7 heteroatoms. The summed E-state index contributed by atoms with van der Waals surface area (Å²) in [6, 6.07) is 18.4. The predicted octanol–water partition coefficient (Wildman–Crippen LogP) is 8.11. The molecule has 0 aromatic heterocycles. The van der Waals surface area contributed by atoms with Gasteiger partial charge in [-0.25, -0.2) is 8.78 Å². The number of alkyl halides is 3. The van der Waals surface area contributed by atoms with Crippen LogP contribution in [0.2, 0.25) is 0 Å². The fraction of sp³-hybridized carbons (Fsp3) is 0.231. The van der Waals surface area contributed by atoms with Crippen LogP contribution in [0.15, 0.2) is 84.7 Å². The van der Waals surface area contributed by atoms with E-state index in [1.807, 2.05) is 6.07 Å². The van der Waals surface area contributed by atoms with Crippen LogP contribution < -0.4 is 9.47 Å². The van der Waals surface area contributed by atoms with Gasteiger partial charge in [0.1, 0.15) is 17.3 Å². The highest BCUT2D eigenvalue weighted by molar-refractivity contribution is 5.37. The minimum absolute atomic E-state index is 0.00509. The van der Waals surface area contributed by atoms with Crippen molar-refractivity contribution in [2.45, 2.75) is 31.5 Å². The lowest BCUT2D eigenvalue weighted by atomic mass is 9.92. The SMILES string of the molecule is F/C(=C\C(c1ccc(OC(F)(F)F)cc1)C1CC1)Cc1ccc(F)c(Oc2ccccc2)c1. The number of rotatable bonds is 8. The van der Waals surface area contributed by atoms with E-state index in [0.717, 1.165) is 18.4 Å². The molecule has 2 nitrogen and oxygen atoms in total. The van der Waals surface area contributed by atoms with Crippen molar-refractivity contribution in [3.63, 3.8) is 0 Å². The molecule has 1 saturated carbocycles. The molecule has 1 atom stereocenters. The predicted molar refractivity (Wildman–Crippen MR) is 114 cm³/mol. The van der Waals surface area contributed by atoms with E-state index in [9.17, 15) is 22.0 Å². The Labute approximate surface area is 188 Å². The summed E-state index contributed by atoms with van der Waals surface area (Å²) in [5.41, 5.74) is 1.26. The highest BCUT2D eigenvalue weighted by atomic mass is 19.4. The highest BCUT2D eigenvalue weighted by Crippen LogP contribution is 2.44. The molecule has 1 aliphatic rings. The van der Waals surface area contributed by atoms with Crippen molar-refractivity contribution in [2.24, 2.45) is 5.92 Å². The van der Waals surface area contributed by atoms with Gasteiger partial charge in [-0.2, -0.15) is 0 Å². The molecular weight excluding hydrogens is 439 g/mol. The summed E-state index contributed by atoms with van der Waals surface area (Å²) in [7, 11) is 0. The average Bonchev–Trinajstić information content (AvgIpc) is 3.60. The number of ether oxygens (including phenoxy) is 2. The second kappa shape index (κ2) is 9.65. The number of benzene rings is 3. The Morgan fingerprint density at radius 3 is 2.27 bits per heavy atom. The van der Waals surface area contributed by atoms with Crippen LogP contribution in [-0.4, -0.2) is 6.36 Å². The zero-order valence-corrected chi connectivity index (χ0v) is 17.5. The van der Waals surface area contributed by atoms with Crippen molar-refractivity contribution < 1.29 is 31.4 Å². The molecule has 0 N–H and O–H groups in total. The van der Waals surface area contributed by atoms with Crippen LogP contribution in [0.3, 0.4) is 0 Å². The molecule has 0 amide bonds. The summed E-state index contributed by atoms with van der Waals surface area (Å²) < 4.78 is 75.7. The van der Waals surface area contributed by atoms with Crippen LogP contribution in [0.5, 0.6) is 17.2 Å². The Kier molecular flexibility index (Phi) is 6.67. The maximum absolute atomic E-state index is 14.9. The lowest BCUT2D eigenvalue weighted by Gasteiger charge is -2.15.